The molecule has 1 atom stereocenters. The molecule has 0 heterocycles. The van der Waals surface area contributed by atoms with Crippen molar-refractivity contribution in [2.45, 2.75) is 103 Å². The Hall–Kier alpha value is -1.22. The Morgan fingerprint density at radius 2 is 1.29 bits per heavy atom. The first-order chi connectivity index (χ1) is 11.8. The molecule has 0 fully saturated rings. The van der Waals surface area contributed by atoms with E-state index in [1.165, 1.54) is 88.2 Å². The number of hydrogen-bond donors (Lipinski definition) is 0. The van der Waals surface area contributed by atoms with Crippen LogP contribution in [0.5, 0.6) is 0 Å². The maximum absolute atomic E-state index is 5.73. The lowest BCUT2D eigenvalue weighted by Gasteiger charge is -2.11. The van der Waals surface area contributed by atoms with E-state index >= 15 is 0 Å². The van der Waals surface area contributed by atoms with Crippen LogP contribution in [0.1, 0.15) is 108 Å². The Labute approximate surface area is 151 Å². The van der Waals surface area contributed by atoms with Crippen LogP contribution >= 0.6 is 0 Å². The van der Waals surface area contributed by atoms with Gasteiger partial charge in [0.25, 0.3) is 0 Å². The smallest absolute Gasteiger partial charge is 0.0449 e. The molecule has 0 aromatic heterocycles. The standard InChI is InChI=1S/C24H38/c1-4-7-9-10-11-12-13-15-16-22-18-20-24(21-19-22)23(6-3)17-14-8-5-2/h3,18-21,23H,4-5,7-17H2,1-2H3. The maximum Gasteiger partial charge on any atom is 0.0449 e. The minimum absolute atomic E-state index is 0.300. The van der Waals surface area contributed by atoms with Gasteiger partial charge >= 0.3 is 0 Å². The van der Waals surface area contributed by atoms with Gasteiger partial charge in [-0.1, -0.05) is 108 Å². The van der Waals surface area contributed by atoms with Gasteiger partial charge in [-0.05, 0) is 30.4 Å². The van der Waals surface area contributed by atoms with Gasteiger partial charge in [0.1, 0.15) is 0 Å². The lowest BCUT2D eigenvalue weighted by atomic mass is 9.92. The van der Waals surface area contributed by atoms with Gasteiger partial charge < -0.3 is 0 Å². The highest BCUT2D eigenvalue weighted by atomic mass is 14.1. The Morgan fingerprint density at radius 3 is 1.88 bits per heavy atom. The minimum atomic E-state index is 0.300. The van der Waals surface area contributed by atoms with Gasteiger partial charge in [-0.15, -0.1) is 6.42 Å². The molecule has 0 nitrogen and oxygen atoms in total. The third kappa shape index (κ3) is 9.17. The SMILES string of the molecule is C#CC(CCCCC)c1ccc(CCCCCCCCCC)cc1. The lowest BCUT2D eigenvalue weighted by molar-refractivity contribution is 0.575. The molecule has 0 heteroatoms. The third-order valence-electron chi connectivity index (χ3n) is 5.00. The van der Waals surface area contributed by atoms with Crippen LogP contribution in [0, 0.1) is 12.3 Å². The third-order valence-corrected chi connectivity index (χ3v) is 5.00. The highest BCUT2D eigenvalue weighted by molar-refractivity contribution is 5.30. The van der Waals surface area contributed by atoms with Crippen LogP contribution in [0.3, 0.4) is 0 Å². The van der Waals surface area contributed by atoms with Crippen molar-refractivity contribution in [2.24, 2.45) is 0 Å². The average molecular weight is 327 g/mol. The van der Waals surface area contributed by atoms with E-state index in [-0.39, 0.29) is 0 Å². The number of benzene rings is 1. The molecule has 0 N–H and O–H groups in total. The van der Waals surface area contributed by atoms with E-state index < -0.39 is 0 Å². The number of rotatable bonds is 14. The summed E-state index contributed by atoms with van der Waals surface area (Å²) in [5, 5.41) is 0. The zero-order valence-electron chi connectivity index (χ0n) is 16.2. The summed E-state index contributed by atoms with van der Waals surface area (Å²) < 4.78 is 0. The fourth-order valence-corrected chi connectivity index (χ4v) is 3.32. The summed E-state index contributed by atoms with van der Waals surface area (Å²) in [5.41, 5.74) is 2.79. The fraction of sp³-hybridized carbons (Fsp3) is 0.667. The van der Waals surface area contributed by atoms with Crippen molar-refractivity contribution in [3.05, 3.63) is 35.4 Å². The van der Waals surface area contributed by atoms with E-state index in [0.29, 0.717) is 5.92 Å². The molecule has 1 unspecified atom stereocenters. The Morgan fingerprint density at radius 1 is 0.750 bits per heavy atom. The summed E-state index contributed by atoms with van der Waals surface area (Å²) >= 11 is 0. The molecule has 0 aliphatic carbocycles. The summed E-state index contributed by atoms with van der Waals surface area (Å²) in [6, 6.07) is 9.11. The highest BCUT2D eigenvalue weighted by Gasteiger charge is 2.07. The van der Waals surface area contributed by atoms with Gasteiger partial charge in [-0.25, -0.2) is 0 Å². The molecule has 1 aromatic carbocycles. The van der Waals surface area contributed by atoms with Crippen molar-refractivity contribution in [1.29, 1.82) is 0 Å². The Kier molecular flexibility index (Phi) is 12.3. The first-order valence-corrected chi connectivity index (χ1v) is 10.4. The summed E-state index contributed by atoms with van der Waals surface area (Å²) in [7, 11) is 0. The van der Waals surface area contributed by atoms with E-state index in [2.05, 4.69) is 44.0 Å². The molecule has 1 aromatic rings. The van der Waals surface area contributed by atoms with E-state index in [0.717, 1.165) is 6.42 Å². The zero-order valence-corrected chi connectivity index (χ0v) is 16.2. The molecule has 0 aliphatic rings. The molecule has 0 saturated carbocycles. The second-order valence-electron chi connectivity index (χ2n) is 7.18. The molecule has 0 aliphatic heterocycles. The van der Waals surface area contributed by atoms with Crippen LogP contribution in [-0.4, -0.2) is 0 Å². The summed E-state index contributed by atoms with van der Waals surface area (Å²) in [6.45, 7) is 4.52. The summed E-state index contributed by atoms with van der Waals surface area (Å²) in [4.78, 5) is 0. The lowest BCUT2D eigenvalue weighted by Crippen LogP contribution is -1.96. The van der Waals surface area contributed by atoms with E-state index in [1.807, 2.05) is 0 Å². The van der Waals surface area contributed by atoms with Crippen molar-refractivity contribution in [3.63, 3.8) is 0 Å². The van der Waals surface area contributed by atoms with Gasteiger partial charge in [0.15, 0.2) is 0 Å². The van der Waals surface area contributed by atoms with Gasteiger partial charge in [-0.2, -0.15) is 0 Å². The largest absolute Gasteiger partial charge is 0.119 e. The minimum Gasteiger partial charge on any atom is -0.119 e. The second-order valence-corrected chi connectivity index (χ2v) is 7.18. The van der Waals surface area contributed by atoms with Crippen molar-refractivity contribution in [2.75, 3.05) is 0 Å². The fourth-order valence-electron chi connectivity index (χ4n) is 3.32. The van der Waals surface area contributed by atoms with Crippen molar-refractivity contribution in [3.8, 4) is 12.3 Å². The van der Waals surface area contributed by atoms with Crippen LogP contribution in [0.4, 0.5) is 0 Å². The van der Waals surface area contributed by atoms with Crippen molar-refractivity contribution >= 4 is 0 Å². The number of aryl methyl sites for hydroxylation is 1. The van der Waals surface area contributed by atoms with Crippen molar-refractivity contribution in [1.82, 2.24) is 0 Å². The van der Waals surface area contributed by atoms with Gasteiger partial charge in [0.2, 0.25) is 0 Å². The monoisotopic (exact) mass is 326 g/mol. The van der Waals surface area contributed by atoms with E-state index in [4.69, 9.17) is 6.42 Å². The van der Waals surface area contributed by atoms with Gasteiger partial charge in [0.05, 0.1) is 0 Å². The average Bonchev–Trinajstić information content (AvgIpc) is 2.62. The first-order valence-electron chi connectivity index (χ1n) is 10.4. The molecule has 0 bridgehead atoms. The Bertz CT molecular complexity index is 434. The zero-order chi connectivity index (χ0) is 17.5. The number of unbranched alkanes of at least 4 members (excludes halogenated alkanes) is 9. The van der Waals surface area contributed by atoms with Crippen LogP contribution in [0.15, 0.2) is 24.3 Å². The molecule has 134 valence electrons. The quantitative estimate of drug-likeness (QED) is 0.243. The van der Waals surface area contributed by atoms with Gasteiger partial charge in [-0.3, -0.25) is 0 Å². The van der Waals surface area contributed by atoms with Gasteiger partial charge in [0, 0.05) is 5.92 Å². The predicted octanol–water partition coefficient (Wildman–Crippen LogP) is 7.67. The molecule has 24 heavy (non-hydrogen) atoms. The maximum atomic E-state index is 5.73. The number of terminal acetylenes is 1. The molecule has 0 radical (unpaired) electrons. The molecule has 0 spiro atoms. The topological polar surface area (TPSA) is 0 Å². The number of hydrogen-bond acceptors (Lipinski definition) is 0. The molecular weight excluding hydrogens is 288 g/mol. The molecule has 0 amide bonds. The van der Waals surface area contributed by atoms with Crippen LogP contribution in [0.2, 0.25) is 0 Å². The van der Waals surface area contributed by atoms with Crippen molar-refractivity contribution < 1.29 is 0 Å². The predicted molar refractivity (Wildman–Crippen MR) is 108 cm³/mol. The summed E-state index contributed by atoms with van der Waals surface area (Å²) in [5.74, 6) is 3.28. The Balaban J connectivity index is 2.23. The van der Waals surface area contributed by atoms with E-state index in [9.17, 15) is 0 Å². The van der Waals surface area contributed by atoms with Crippen LogP contribution < -0.4 is 0 Å². The van der Waals surface area contributed by atoms with Crippen LogP contribution in [0.25, 0.3) is 0 Å². The van der Waals surface area contributed by atoms with E-state index in [1.54, 1.807) is 0 Å². The van der Waals surface area contributed by atoms with Crippen LogP contribution in [-0.2, 0) is 6.42 Å². The molecule has 0 saturated heterocycles. The molecule has 1 rings (SSSR count). The second kappa shape index (κ2) is 14.2. The summed E-state index contributed by atoms with van der Waals surface area (Å²) in [6.07, 6.45) is 23.0. The first kappa shape index (κ1) is 20.8. The highest BCUT2D eigenvalue weighted by Crippen LogP contribution is 2.22. The normalized spacial score (nSPS) is 12.0. The molecular formula is C24H38.